The van der Waals surface area contributed by atoms with E-state index in [1.165, 1.54) is 6.42 Å². The number of benzene rings is 1. The fourth-order valence-electron chi connectivity index (χ4n) is 3.47. The summed E-state index contributed by atoms with van der Waals surface area (Å²) in [5.41, 5.74) is 0.986. The van der Waals surface area contributed by atoms with Gasteiger partial charge in [0.25, 0.3) is 0 Å². The molecule has 2 atom stereocenters. The Balaban J connectivity index is 1.85. The van der Waals surface area contributed by atoms with Gasteiger partial charge in [0.1, 0.15) is 5.75 Å². The van der Waals surface area contributed by atoms with Crippen molar-refractivity contribution in [2.45, 2.75) is 40.0 Å². The van der Waals surface area contributed by atoms with Gasteiger partial charge >= 0.3 is 0 Å². The van der Waals surface area contributed by atoms with Gasteiger partial charge in [-0.2, -0.15) is 0 Å². The molecule has 0 heterocycles. The molecule has 23 heavy (non-hydrogen) atoms. The van der Waals surface area contributed by atoms with Crippen LogP contribution in [0.15, 0.2) is 24.3 Å². The number of thiocarbonyl (C=S) groups is 1. The molecule has 1 aliphatic rings. The molecule has 126 valence electrons. The molecule has 0 radical (unpaired) electrons. The number of hydrogen-bond acceptors (Lipinski definition) is 3. The van der Waals surface area contributed by atoms with Crippen LogP contribution >= 0.6 is 12.2 Å². The third-order valence-corrected chi connectivity index (χ3v) is 5.41. The van der Waals surface area contributed by atoms with Gasteiger partial charge in [0.15, 0.2) is 5.11 Å². The Morgan fingerprint density at radius 3 is 2.65 bits per heavy atom. The first kappa shape index (κ1) is 17.7. The summed E-state index contributed by atoms with van der Waals surface area (Å²) in [7, 11) is 1.60. The maximum atomic E-state index is 12.2. The largest absolute Gasteiger partial charge is 0.495 e. The van der Waals surface area contributed by atoms with Crippen LogP contribution in [0.2, 0.25) is 0 Å². The summed E-state index contributed by atoms with van der Waals surface area (Å²) < 4.78 is 5.26. The van der Waals surface area contributed by atoms with Gasteiger partial charge in [-0.15, -0.1) is 0 Å². The maximum Gasteiger partial charge on any atom is 0.226 e. The zero-order valence-corrected chi connectivity index (χ0v) is 15.1. The van der Waals surface area contributed by atoms with E-state index >= 15 is 0 Å². The molecule has 1 aliphatic carbocycles. The average molecular weight is 334 g/mol. The second-order valence-corrected chi connectivity index (χ2v) is 7.17. The van der Waals surface area contributed by atoms with E-state index in [9.17, 15) is 4.79 Å². The Hall–Kier alpha value is -1.62. The predicted octanol–water partition coefficient (Wildman–Crippen LogP) is 3.97. The van der Waals surface area contributed by atoms with Crippen LogP contribution in [-0.4, -0.2) is 18.1 Å². The Kier molecular flexibility index (Phi) is 5.63. The molecule has 0 aliphatic heterocycles. The van der Waals surface area contributed by atoms with Crippen LogP contribution in [0.25, 0.3) is 0 Å². The van der Waals surface area contributed by atoms with Crippen LogP contribution < -0.4 is 15.4 Å². The summed E-state index contributed by atoms with van der Waals surface area (Å²) in [6, 6.07) is 7.47. The van der Waals surface area contributed by atoms with Gasteiger partial charge in [0, 0.05) is 6.42 Å². The summed E-state index contributed by atoms with van der Waals surface area (Å²) in [6.07, 6.45) is 2.83. The minimum absolute atomic E-state index is 0.0231. The number of methoxy groups -OCH3 is 1. The second-order valence-electron chi connectivity index (χ2n) is 6.77. The van der Waals surface area contributed by atoms with Gasteiger partial charge in [-0.3, -0.25) is 4.79 Å². The lowest BCUT2D eigenvalue weighted by Gasteiger charge is -2.52. The number of nitrogens with one attached hydrogen (secondary N) is 2. The van der Waals surface area contributed by atoms with Gasteiger partial charge in [0.2, 0.25) is 5.91 Å². The first-order chi connectivity index (χ1) is 10.9. The van der Waals surface area contributed by atoms with Crippen molar-refractivity contribution >= 4 is 28.9 Å². The normalized spacial score (nSPS) is 21.9. The number of rotatable bonds is 5. The molecule has 2 N–H and O–H groups in total. The van der Waals surface area contributed by atoms with Crippen LogP contribution in [0.5, 0.6) is 5.75 Å². The van der Waals surface area contributed by atoms with E-state index in [0.29, 0.717) is 23.2 Å². The molecule has 0 bridgehead atoms. The quantitative estimate of drug-likeness (QED) is 0.800. The molecule has 2 rings (SSSR count). The summed E-state index contributed by atoms with van der Waals surface area (Å²) in [5.74, 6) is 1.82. The minimum Gasteiger partial charge on any atom is -0.495 e. The molecule has 2 unspecified atom stereocenters. The molecule has 1 aromatic carbocycles. The first-order valence-electron chi connectivity index (χ1n) is 8.12. The lowest BCUT2D eigenvalue weighted by Crippen LogP contribution is -2.47. The van der Waals surface area contributed by atoms with E-state index < -0.39 is 0 Å². The Morgan fingerprint density at radius 1 is 1.35 bits per heavy atom. The Labute approximate surface area is 144 Å². The van der Waals surface area contributed by atoms with Gasteiger partial charge in [0.05, 0.1) is 12.8 Å². The molecule has 1 saturated carbocycles. The van der Waals surface area contributed by atoms with Gasteiger partial charge < -0.3 is 15.4 Å². The fraction of sp³-hybridized carbons (Fsp3) is 0.556. The number of carbonyl (C=O) groups excluding carboxylic acids is 1. The molecule has 1 aromatic rings. The van der Waals surface area contributed by atoms with Crippen molar-refractivity contribution in [3.63, 3.8) is 0 Å². The van der Waals surface area contributed by atoms with E-state index in [1.807, 2.05) is 24.3 Å². The summed E-state index contributed by atoms with van der Waals surface area (Å²) in [6.45, 7) is 6.73. The lowest BCUT2D eigenvalue weighted by molar-refractivity contribution is -0.125. The number of hydrogen-bond donors (Lipinski definition) is 2. The van der Waals surface area contributed by atoms with Gasteiger partial charge in [-0.05, 0) is 48.0 Å². The highest BCUT2D eigenvalue weighted by molar-refractivity contribution is 7.80. The van der Waals surface area contributed by atoms with Gasteiger partial charge in [-0.1, -0.05) is 39.3 Å². The standard InChI is InChI=1S/C18H26N2O2S/c1-5-12-10-13(18(12,2)3)11-16(21)20-17(23)19-14-8-6-7-9-15(14)22-4/h6-9,12-13H,5,10-11H2,1-4H3,(H2,19,20,21,23). The van der Waals surface area contributed by atoms with E-state index in [4.69, 9.17) is 17.0 Å². The molecule has 0 saturated heterocycles. The lowest BCUT2D eigenvalue weighted by atomic mass is 9.53. The number of ether oxygens (including phenoxy) is 1. The average Bonchev–Trinajstić information content (AvgIpc) is 2.51. The first-order valence-corrected chi connectivity index (χ1v) is 8.53. The van der Waals surface area contributed by atoms with E-state index in [0.717, 1.165) is 18.0 Å². The topological polar surface area (TPSA) is 50.4 Å². The Bertz CT molecular complexity index is 586. The third-order valence-electron chi connectivity index (χ3n) is 5.21. The van der Waals surface area contributed by atoms with Crippen LogP contribution in [0.4, 0.5) is 5.69 Å². The molecular formula is C18H26N2O2S. The van der Waals surface area contributed by atoms with Crippen LogP contribution in [0.3, 0.4) is 0 Å². The van der Waals surface area contributed by atoms with Crippen molar-refractivity contribution < 1.29 is 9.53 Å². The maximum absolute atomic E-state index is 12.2. The summed E-state index contributed by atoms with van der Waals surface area (Å²) >= 11 is 5.23. The van der Waals surface area contributed by atoms with Crippen molar-refractivity contribution in [3.05, 3.63) is 24.3 Å². The van der Waals surface area contributed by atoms with E-state index in [1.54, 1.807) is 7.11 Å². The number of para-hydroxylation sites is 2. The number of carbonyl (C=O) groups is 1. The van der Waals surface area contributed by atoms with Crippen molar-refractivity contribution in [1.82, 2.24) is 5.32 Å². The van der Waals surface area contributed by atoms with Crippen molar-refractivity contribution in [2.24, 2.45) is 17.3 Å². The highest BCUT2D eigenvalue weighted by atomic mass is 32.1. The van der Waals surface area contributed by atoms with E-state index in [-0.39, 0.29) is 11.3 Å². The van der Waals surface area contributed by atoms with Crippen LogP contribution in [0.1, 0.15) is 40.0 Å². The fourth-order valence-corrected chi connectivity index (χ4v) is 3.69. The molecule has 4 nitrogen and oxygen atoms in total. The zero-order chi connectivity index (χ0) is 17.0. The van der Waals surface area contributed by atoms with Crippen LogP contribution in [-0.2, 0) is 4.79 Å². The van der Waals surface area contributed by atoms with Crippen molar-refractivity contribution in [3.8, 4) is 5.75 Å². The SMILES string of the molecule is CCC1CC(CC(=O)NC(=S)Nc2ccccc2OC)C1(C)C. The number of amides is 1. The smallest absolute Gasteiger partial charge is 0.226 e. The molecule has 0 aromatic heterocycles. The summed E-state index contributed by atoms with van der Waals surface area (Å²) in [5, 5.41) is 6.10. The third kappa shape index (κ3) is 4.02. The molecule has 1 fully saturated rings. The molecule has 1 amide bonds. The zero-order valence-electron chi connectivity index (χ0n) is 14.3. The summed E-state index contributed by atoms with van der Waals surface area (Å²) in [4.78, 5) is 12.2. The van der Waals surface area contributed by atoms with Crippen molar-refractivity contribution in [1.29, 1.82) is 0 Å². The Morgan fingerprint density at radius 2 is 2.04 bits per heavy atom. The highest BCUT2D eigenvalue weighted by Crippen LogP contribution is 2.54. The van der Waals surface area contributed by atoms with Crippen molar-refractivity contribution in [2.75, 3.05) is 12.4 Å². The van der Waals surface area contributed by atoms with Gasteiger partial charge in [-0.25, -0.2) is 0 Å². The monoisotopic (exact) mass is 334 g/mol. The molecule has 0 spiro atoms. The molecule has 5 heteroatoms. The minimum atomic E-state index is -0.0231. The van der Waals surface area contributed by atoms with E-state index in [2.05, 4.69) is 31.4 Å². The number of anilines is 1. The van der Waals surface area contributed by atoms with Crippen LogP contribution in [0, 0.1) is 17.3 Å². The molecular weight excluding hydrogens is 308 g/mol. The second kappa shape index (κ2) is 7.30. The predicted molar refractivity (Wildman–Crippen MR) is 97.6 cm³/mol. The highest BCUT2D eigenvalue weighted by Gasteiger charge is 2.47.